The lowest BCUT2D eigenvalue weighted by atomic mass is 9.96. The minimum absolute atomic E-state index is 1.18. The van der Waals surface area contributed by atoms with Gasteiger partial charge in [-0.3, -0.25) is 20.0 Å². The number of nitrogens with zero attached hydrogens (tertiary/aromatic N) is 4. The van der Waals surface area contributed by atoms with Crippen molar-refractivity contribution in [1.82, 2.24) is 0 Å². The largest absolute Gasteiger partial charge is 0.262 e. The molecule has 0 aromatic rings. The van der Waals surface area contributed by atoms with Crippen LogP contribution in [-0.4, -0.2) is 22.8 Å². The molecule has 0 saturated carbocycles. The van der Waals surface area contributed by atoms with Crippen molar-refractivity contribution in [3.63, 3.8) is 0 Å². The predicted octanol–water partition coefficient (Wildman–Crippen LogP) is 10.7. The Kier molecular flexibility index (Phi) is 10.2. The molecule has 4 nitrogen and oxygen atoms in total. The van der Waals surface area contributed by atoms with Crippen LogP contribution in [0.25, 0.3) is 0 Å². The Bertz CT molecular complexity index is 1040. The van der Waals surface area contributed by atoms with E-state index in [-0.39, 0.29) is 0 Å². The molecule has 4 heteroatoms. The molecular formula is C36H52N4. The minimum atomic E-state index is 1.18. The maximum atomic E-state index is 4.51. The summed E-state index contributed by atoms with van der Waals surface area (Å²) in [4.78, 5) is 18.0. The number of rotatable bonds is 0. The van der Waals surface area contributed by atoms with Gasteiger partial charge in [0.25, 0.3) is 0 Å². The third kappa shape index (κ3) is 7.89. The molecule has 216 valence electrons. The first-order chi connectivity index (χ1) is 19.4. The highest BCUT2D eigenvalue weighted by Crippen LogP contribution is 2.35. The maximum absolute atomic E-state index is 4.51. The molecule has 8 rings (SSSR count). The van der Waals surface area contributed by atoms with Gasteiger partial charge in [0, 0.05) is 71.3 Å². The quantitative estimate of drug-likeness (QED) is 0.293. The second-order valence-electron chi connectivity index (χ2n) is 13.1. The van der Waals surface area contributed by atoms with Crippen LogP contribution in [-0.2, 0) is 0 Å². The molecular weight excluding hydrogens is 488 g/mol. The van der Waals surface area contributed by atoms with Crippen molar-refractivity contribution < 1.29 is 0 Å². The van der Waals surface area contributed by atoms with Crippen molar-refractivity contribution in [2.45, 2.75) is 156 Å². The zero-order valence-electron chi connectivity index (χ0n) is 25.9. The summed E-state index contributed by atoms with van der Waals surface area (Å²) in [5.74, 6) is 0. The maximum Gasteiger partial charge on any atom is 0.0398 e. The fraction of sp³-hybridized carbons (Fsp3) is 0.667. The lowest BCUT2D eigenvalue weighted by molar-refractivity contribution is 0.670. The van der Waals surface area contributed by atoms with E-state index >= 15 is 0 Å². The van der Waals surface area contributed by atoms with Crippen LogP contribution in [0.3, 0.4) is 0 Å². The number of allylic oxidation sites excluding steroid dienone is 8. The highest BCUT2D eigenvalue weighted by Gasteiger charge is 2.20. The molecule has 4 aliphatic carbocycles. The van der Waals surface area contributed by atoms with E-state index < -0.39 is 0 Å². The minimum Gasteiger partial charge on any atom is -0.262 e. The van der Waals surface area contributed by atoms with E-state index in [9.17, 15) is 0 Å². The van der Waals surface area contributed by atoms with Crippen LogP contribution in [0.4, 0.5) is 0 Å². The van der Waals surface area contributed by atoms with Gasteiger partial charge in [0.2, 0.25) is 0 Å². The van der Waals surface area contributed by atoms with E-state index in [0.717, 1.165) is 0 Å². The van der Waals surface area contributed by atoms with E-state index in [2.05, 4.69) is 47.7 Å². The monoisotopic (exact) mass is 540 g/mol. The van der Waals surface area contributed by atoms with Crippen molar-refractivity contribution in [3.05, 3.63) is 45.1 Å². The summed E-state index contributed by atoms with van der Waals surface area (Å²) in [6, 6.07) is 0. The predicted molar refractivity (Wildman–Crippen MR) is 173 cm³/mol. The highest BCUT2D eigenvalue weighted by atomic mass is 14.8. The zero-order chi connectivity index (χ0) is 27.9. The highest BCUT2D eigenvalue weighted by molar-refractivity contribution is 5.89. The first-order valence-corrected chi connectivity index (χ1v) is 16.4. The Labute approximate surface area is 243 Å². The molecule has 0 N–H and O–H groups in total. The molecule has 0 unspecified atom stereocenters. The molecule has 8 aliphatic rings. The lowest BCUT2D eigenvalue weighted by Crippen LogP contribution is -1.93. The van der Waals surface area contributed by atoms with Gasteiger partial charge in [0.15, 0.2) is 0 Å². The van der Waals surface area contributed by atoms with Gasteiger partial charge in [0.1, 0.15) is 0 Å². The van der Waals surface area contributed by atoms with E-state index in [4.69, 9.17) is 0 Å². The van der Waals surface area contributed by atoms with Crippen LogP contribution < -0.4 is 0 Å². The zero-order valence-corrected chi connectivity index (χ0v) is 25.9. The fourth-order valence-corrected chi connectivity index (χ4v) is 7.42. The standard InChI is InChI=1S/4C9H13N/c4*1-7-6-8-4-2-3-5-9(8)10-7/h4*2-6H2,1H3. The average molecular weight is 541 g/mol. The van der Waals surface area contributed by atoms with Crippen LogP contribution in [0.2, 0.25) is 0 Å². The summed E-state index contributed by atoms with van der Waals surface area (Å²) in [6.45, 7) is 8.55. The van der Waals surface area contributed by atoms with Gasteiger partial charge in [-0.1, -0.05) is 0 Å². The van der Waals surface area contributed by atoms with Gasteiger partial charge in [-0.05, 0) is 153 Å². The molecule has 0 saturated heterocycles. The summed E-state index contributed by atoms with van der Waals surface area (Å²) in [5, 5.41) is 0. The van der Waals surface area contributed by atoms with Crippen molar-refractivity contribution >= 4 is 22.8 Å². The summed E-state index contributed by atoms with van der Waals surface area (Å²) < 4.78 is 0. The Balaban J connectivity index is 0.000000108. The first-order valence-electron chi connectivity index (χ1n) is 16.4. The summed E-state index contributed by atoms with van der Waals surface area (Å²) in [7, 11) is 0. The molecule has 40 heavy (non-hydrogen) atoms. The lowest BCUT2D eigenvalue weighted by Gasteiger charge is -2.10. The van der Waals surface area contributed by atoms with Crippen molar-refractivity contribution in [1.29, 1.82) is 0 Å². The van der Waals surface area contributed by atoms with Gasteiger partial charge in [-0.15, -0.1) is 0 Å². The van der Waals surface area contributed by atoms with Gasteiger partial charge in [-0.25, -0.2) is 0 Å². The smallest absolute Gasteiger partial charge is 0.0398 e. The Hall–Kier alpha value is -2.36. The normalized spacial score (nSPS) is 24.7. The summed E-state index contributed by atoms with van der Waals surface area (Å²) >= 11 is 0. The molecule has 0 aromatic heterocycles. The number of aliphatic imine (C=N–C) groups is 4. The molecule has 0 atom stereocenters. The molecule has 4 heterocycles. The molecule has 0 radical (unpaired) electrons. The molecule has 0 spiro atoms. The Morgan fingerprint density at radius 1 is 0.300 bits per heavy atom. The molecule has 4 aliphatic heterocycles. The summed E-state index contributed by atoms with van der Waals surface area (Å²) in [6.07, 6.45) is 25.9. The van der Waals surface area contributed by atoms with E-state index in [1.54, 1.807) is 22.3 Å². The second-order valence-corrected chi connectivity index (χ2v) is 13.1. The number of hydrogen-bond donors (Lipinski definition) is 0. The average Bonchev–Trinajstić information content (AvgIpc) is 3.71. The van der Waals surface area contributed by atoms with Gasteiger partial charge < -0.3 is 0 Å². The third-order valence-corrected chi connectivity index (χ3v) is 9.38. The number of hydrogen-bond acceptors (Lipinski definition) is 4. The van der Waals surface area contributed by atoms with E-state index in [0.29, 0.717) is 0 Å². The van der Waals surface area contributed by atoms with Crippen LogP contribution in [0.15, 0.2) is 65.1 Å². The van der Waals surface area contributed by atoms with E-state index in [1.807, 2.05) is 0 Å². The topological polar surface area (TPSA) is 49.4 Å². The first kappa shape index (κ1) is 29.1. The van der Waals surface area contributed by atoms with Gasteiger partial charge in [0.05, 0.1) is 0 Å². The van der Waals surface area contributed by atoms with Crippen molar-refractivity contribution in [3.8, 4) is 0 Å². The van der Waals surface area contributed by atoms with Gasteiger partial charge >= 0.3 is 0 Å². The molecule has 0 aromatic carbocycles. The molecule has 0 fully saturated rings. The van der Waals surface area contributed by atoms with Crippen molar-refractivity contribution in [2.24, 2.45) is 20.0 Å². The van der Waals surface area contributed by atoms with Crippen LogP contribution in [0, 0.1) is 0 Å². The molecule has 0 bridgehead atoms. The van der Waals surface area contributed by atoms with Crippen LogP contribution in [0.1, 0.15) is 156 Å². The Morgan fingerprint density at radius 2 is 0.500 bits per heavy atom. The summed E-state index contributed by atoms with van der Waals surface area (Å²) in [5.41, 5.74) is 17.5. The molecule has 0 amide bonds. The van der Waals surface area contributed by atoms with Crippen LogP contribution in [0.5, 0.6) is 0 Å². The van der Waals surface area contributed by atoms with Crippen molar-refractivity contribution in [2.75, 3.05) is 0 Å². The van der Waals surface area contributed by atoms with E-state index in [1.165, 1.54) is 174 Å². The fourth-order valence-electron chi connectivity index (χ4n) is 7.42. The Morgan fingerprint density at radius 3 is 0.700 bits per heavy atom. The second kappa shape index (κ2) is 14.0. The van der Waals surface area contributed by atoms with Crippen LogP contribution >= 0.6 is 0 Å². The third-order valence-electron chi connectivity index (χ3n) is 9.38. The van der Waals surface area contributed by atoms with Gasteiger partial charge in [-0.2, -0.15) is 0 Å². The SMILES string of the molecule is CC1=NC2=C(CCCC2)C1.CC1=NC2=C(CCCC2)C1.CC1=NC2=C(CCCC2)C1.CC1=NC2=C(CCCC2)C1.